The molecule has 8 heteroatoms. The lowest BCUT2D eigenvalue weighted by atomic mass is 9.98. The van der Waals surface area contributed by atoms with Crippen molar-refractivity contribution in [1.82, 2.24) is 4.31 Å². The van der Waals surface area contributed by atoms with Crippen LogP contribution in [-0.4, -0.2) is 64.3 Å². The van der Waals surface area contributed by atoms with E-state index in [4.69, 9.17) is 4.74 Å². The average molecular weight is 398 g/mol. The van der Waals surface area contributed by atoms with Gasteiger partial charge < -0.3 is 15.0 Å². The Balaban J connectivity index is 1.97. The summed E-state index contributed by atoms with van der Waals surface area (Å²) in [7, 11) is -1.90. The van der Waals surface area contributed by atoms with Crippen molar-refractivity contribution < 1.29 is 17.9 Å². The number of benzene rings is 1. The summed E-state index contributed by atoms with van der Waals surface area (Å²) in [6.07, 6.45) is 1.38. The summed E-state index contributed by atoms with van der Waals surface area (Å²) in [5.41, 5.74) is 1.85. The molecule has 1 N–H and O–H groups in total. The smallest absolute Gasteiger partial charge is 0.228 e. The Morgan fingerprint density at radius 1 is 1.26 bits per heavy atom. The molecule has 1 aliphatic rings. The van der Waals surface area contributed by atoms with Gasteiger partial charge in [0.1, 0.15) is 0 Å². The zero-order chi connectivity index (χ0) is 19.9. The Bertz CT molecular complexity index is 702. The van der Waals surface area contributed by atoms with Gasteiger partial charge in [0.15, 0.2) is 0 Å². The van der Waals surface area contributed by atoms with Crippen LogP contribution in [-0.2, 0) is 19.6 Å². The molecule has 0 bridgehead atoms. The molecule has 27 heavy (non-hydrogen) atoms. The lowest BCUT2D eigenvalue weighted by Gasteiger charge is -2.31. The molecular formula is C19H31N3O4S. The first-order valence-corrected chi connectivity index (χ1v) is 11.1. The number of amides is 1. The van der Waals surface area contributed by atoms with Crippen molar-refractivity contribution >= 4 is 27.3 Å². The maximum atomic E-state index is 12.6. The number of anilines is 2. The number of rotatable bonds is 9. The van der Waals surface area contributed by atoms with E-state index in [1.165, 1.54) is 11.4 Å². The van der Waals surface area contributed by atoms with Gasteiger partial charge in [0.05, 0.1) is 18.3 Å². The lowest BCUT2D eigenvalue weighted by Crippen LogP contribution is -2.45. The van der Waals surface area contributed by atoms with E-state index >= 15 is 0 Å². The van der Waals surface area contributed by atoms with Crippen LogP contribution in [0.1, 0.15) is 26.7 Å². The first-order chi connectivity index (χ1) is 12.9. The van der Waals surface area contributed by atoms with Gasteiger partial charge in [-0.2, -0.15) is 0 Å². The number of carbonyl (C=O) groups excluding carboxylic acids is 1. The van der Waals surface area contributed by atoms with Crippen LogP contribution >= 0.6 is 0 Å². The van der Waals surface area contributed by atoms with Gasteiger partial charge in [0, 0.05) is 44.7 Å². The first kappa shape index (κ1) is 21.7. The van der Waals surface area contributed by atoms with E-state index in [0.29, 0.717) is 19.4 Å². The van der Waals surface area contributed by atoms with Crippen LogP contribution in [0.4, 0.5) is 11.4 Å². The van der Waals surface area contributed by atoms with Gasteiger partial charge in [-0.05, 0) is 51.0 Å². The molecule has 0 aliphatic carbocycles. The highest BCUT2D eigenvalue weighted by Gasteiger charge is 2.32. The highest BCUT2D eigenvalue weighted by molar-refractivity contribution is 7.89. The van der Waals surface area contributed by atoms with E-state index in [0.717, 1.165) is 24.5 Å². The molecule has 1 aliphatic heterocycles. The average Bonchev–Trinajstić information content (AvgIpc) is 2.68. The molecule has 2 rings (SSSR count). The summed E-state index contributed by atoms with van der Waals surface area (Å²) in [4.78, 5) is 14.8. The van der Waals surface area contributed by atoms with Crippen molar-refractivity contribution in [3.05, 3.63) is 24.3 Å². The summed E-state index contributed by atoms with van der Waals surface area (Å²) < 4.78 is 31.0. The molecular weight excluding hydrogens is 366 g/mol. The van der Waals surface area contributed by atoms with Crippen LogP contribution in [0.5, 0.6) is 0 Å². The largest absolute Gasteiger partial charge is 0.384 e. The summed E-state index contributed by atoms with van der Waals surface area (Å²) in [5.74, 6) is -0.513. The molecule has 1 aromatic carbocycles. The van der Waals surface area contributed by atoms with E-state index in [1.54, 1.807) is 0 Å². The quantitative estimate of drug-likeness (QED) is 0.691. The Labute approximate surface area is 162 Å². The van der Waals surface area contributed by atoms with Crippen molar-refractivity contribution in [2.75, 3.05) is 55.9 Å². The predicted octanol–water partition coefficient (Wildman–Crippen LogP) is 2.16. The third-order valence-corrected chi connectivity index (χ3v) is 6.76. The molecule has 7 nitrogen and oxygen atoms in total. The SMILES string of the molecule is CCN(CC)c1ccc(NC(=O)C2CCCN(S(=O)(=O)CCOC)C2)cc1. The third kappa shape index (κ3) is 5.92. The van der Waals surface area contributed by atoms with E-state index in [2.05, 4.69) is 24.1 Å². The molecule has 0 spiro atoms. The fourth-order valence-electron chi connectivity index (χ4n) is 3.32. The van der Waals surface area contributed by atoms with Crippen LogP contribution in [0.15, 0.2) is 24.3 Å². The van der Waals surface area contributed by atoms with Crippen LogP contribution in [0.25, 0.3) is 0 Å². The summed E-state index contributed by atoms with van der Waals surface area (Å²) in [5, 5.41) is 2.93. The monoisotopic (exact) mass is 397 g/mol. The minimum absolute atomic E-state index is 0.0509. The lowest BCUT2D eigenvalue weighted by molar-refractivity contribution is -0.120. The molecule has 1 unspecified atom stereocenters. The maximum Gasteiger partial charge on any atom is 0.228 e. The molecule has 1 saturated heterocycles. The van der Waals surface area contributed by atoms with Crippen molar-refractivity contribution in [3.8, 4) is 0 Å². The van der Waals surface area contributed by atoms with Gasteiger partial charge in [-0.15, -0.1) is 0 Å². The zero-order valence-corrected chi connectivity index (χ0v) is 17.3. The minimum atomic E-state index is -3.38. The number of carbonyl (C=O) groups is 1. The second-order valence-electron chi connectivity index (χ2n) is 6.71. The first-order valence-electron chi connectivity index (χ1n) is 9.53. The van der Waals surface area contributed by atoms with Crippen LogP contribution in [0, 0.1) is 5.92 Å². The minimum Gasteiger partial charge on any atom is -0.384 e. The number of piperidine rings is 1. The molecule has 0 saturated carbocycles. The standard InChI is InChI=1S/C19H31N3O4S/c1-4-21(5-2)18-10-8-17(9-11-18)20-19(23)16-7-6-12-22(15-16)27(24,25)14-13-26-3/h8-11,16H,4-7,12-15H2,1-3H3,(H,20,23). The predicted molar refractivity (Wildman–Crippen MR) is 109 cm³/mol. The van der Waals surface area contributed by atoms with Crippen molar-refractivity contribution in [2.24, 2.45) is 5.92 Å². The van der Waals surface area contributed by atoms with Gasteiger partial charge in [-0.1, -0.05) is 0 Å². The molecule has 1 fully saturated rings. The third-order valence-electron chi connectivity index (χ3n) is 4.96. The van der Waals surface area contributed by atoms with E-state index in [-0.39, 0.29) is 30.7 Å². The molecule has 0 aromatic heterocycles. The van der Waals surface area contributed by atoms with Crippen LogP contribution in [0.3, 0.4) is 0 Å². The second kappa shape index (κ2) is 10.1. The summed E-state index contributed by atoms with van der Waals surface area (Å²) >= 11 is 0. The Morgan fingerprint density at radius 2 is 1.93 bits per heavy atom. The number of methoxy groups -OCH3 is 1. The van der Waals surface area contributed by atoms with Gasteiger partial charge in [0.2, 0.25) is 15.9 Å². The van der Waals surface area contributed by atoms with Crippen molar-refractivity contribution in [1.29, 1.82) is 0 Å². The number of nitrogens with one attached hydrogen (secondary N) is 1. The highest BCUT2D eigenvalue weighted by Crippen LogP contribution is 2.22. The van der Waals surface area contributed by atoms with E-state index in [1.807, 2.05) is 24.3 Å². The molecule has 1 aromatic rings. The molecule has 0 radical (unpaired) electrons. The Kier molecular flexibility index (Phi) is 8.07. The summed E-state index contributed by atoms with van der Waals surface area (Å²) in [6, 6.07) is 7.76. The van der Waals surface area contributed by atoms with Gasteiger partial charge >= 0.3 is 0 Å². The Morgan fingerprint density at radius 3 is 2.52 bits per heavy atom. The molecule has 1 atom stereocenters. The molecule has 152 valence electrons. The van der Waals surface area contributed by atoms with Gasteiger partial charge in [0.25, 0.3) is 0 Å². The number of nitrogens with zero attached hydrogens (tertiary/aromatic N) is 2. The van der Waals surface area contributed by atoms with E-state index in [9.17, 15) is 13.2 Å². The Hall–Kier alpha value is -1.64. The van der Waals surface area contributed by atoms with Crippen LogP contribution in [0.2, 0.25) is 0 Å². The number of sulfonamides is 1. The molecule has 1 heterocycles. The normalized spacial score (nSPS) is 18.3. The van der Waals surface area contributed by atoms with Gasteiger partial charge in [-0.25, -0.2) is 12.7 Å². The molecule has 1 amide bonds. The van der Waals surface area contributed by atoms with E-state index < -0.39 is 10.0 Å². The summed E-state index contributed by atoms with van der Waals surface area (Å²) in [6.45, 7) is 6.93. The topological polar surface area (TPSA) is 79.0 Å². The number of hydrogen-bond acceptors (Lipinski definition) is 5. The van der Waals surface area contributed by atoms with Crippen molar-refractivity contribution in [2.45, 2.75) is 26.7 Å². The van der Waals surface area contributed by atoms with Crippen LogP contribution < -0.4 is 10.2 Å². The zero-order valence-electron chi connectivity index (χ0n) is 16.5. The number of hydrogen-bond donors (Lipinski definition) is 1. The maximum absolute atomic E-state index is 12.6. The fourth-order valence-corrected chi connectivity index (χ4v) is 4.77. The fraction of sp³-hybridized carbons (Fsp3) is 0.632. The second-order valence-corrected chi connectivity index (χ2v) is 8.80. The van der Waals surface area contributed by atoms with Gasteiger partial charge in [-0.3, -0.25) is 4.79 Å². The van der Waals surface area contributed by atoms with Crippen molar-refractivity contribution in [3.63, 3.8) is 0 Å². The highest BCUT2D eigenvalue weighted by atomic mass is 32.2. The number of ether oxygens (including phenoxy) is 1.